The summed E-state index contributed by atoms with van der Waals surface area (Å²) in [7, 11) is 1.24. The smallest absolute Gasteiger partial charge is 0.194 e. The van der Waals surface area contributed by atoms with Crippen molar-refractivity contribution >= 4 is 5.78 Å². The van der Waals surface area contributed by atoms with Crippen LogP contribution in [0.1, 0.15) is 0 Å². The molecule has 0 aliphatic rings. The third-order valence-corrected chi connectivity index (χ3v) is 1.27. The van der Waals surface area contributed by atoms with E-state index >= 15 is 0 Å². The molecule has 0 bridgehead atoms. The number of aliphatic hydroxyl groups excluding tert-OH is 3. The molecule has 0 aromatic heterocycles. The Morgan fingerprint density at radius 2 is 2.00 bits per heavy atom. The van der Waals surface area contributed by atoms with Crippen molar-refractivity contribution in [2.75, 3.05) is 20.3 Å². The highest BCUT2D eigenvalue weighted by molar-refractivity contribution is 5.87. The fraction of sp³-hybridized carbons (Fsp3) is 0.833. The number of carbonyl (C=O) groups is 1. The summed E-state index contributed by atoms with van der Waals surface area (Å²) in [4.78, 5) is 10.8. The van der Waals surface area contributed by atoms with Crippen molar-refractivity contribution in [3.05, 3.63) is 0 Å². The maximum atomic E-state index is 10.8. The Balaban J connectivity index is 3.97. The molecule has 11 heavy (non-hydrogen) atoms. The fourth-order valence-electron chi connectivity index (χ4n) is 0.585. The van der Waals surface area contributed by atoms with Gasteiger partial charge in [0.1, 0.15) is 12.2 Å². The SMILES string of the molecule is CO[C@H](CO)C(=O)[C@@H](O)CO. The number of hydrogen-bond acceptors (Lipinski definition) is 5. The molecule has 0 rings (SSSR count). The van der Waals surface area contributed by atoms with Gasteiger partial charge in [0.15, 0.2) is 5.78 Å². The molecule has 0 heterocycles. The van der Waals surface area contributed by atoms with E-state index in [-0.39, 0.29) is 0 Å². The van der Waals surface area contributed by atoms with Crippen molar-refractivity contribution in [1.29, 1.82) is 0 Å². The lowest BCUT2D eigenvalue weighted by molar-refractivity contribution is -0.141. The average molecular weight is 164 g/mol. The van der Waals surface area contributed by atoms with Crippen LogP contribution in [0, 0.1) is 0 Å². The van der Waals surface area contributed by atoms with Crippen LogP contribution in [0.5, 0.6) is 0 Å². The summed E-state index contributed by atoms with van der Waals surface area (Å²) >= 11 is 0. The lowest BCUT2D eigenvalue weighted by Crippen LogP contribution is -2.37. The van der Waals surface area contributed by atoms with E-state index in [0.29, 0.717) is 0 Å². The first-order chi connectivity index (χ1) is 5.17. The van der Waals surface area contributed by atoms with Crippen molar-refractivity contribution in [2.24, 2.45) is 0 Å². The van der Waals surface area contributed by atoms with Gasteiger partial charge in [0.25, 0.3) is 0 Å². The highest BCUT2D eigenvalue weighted by Gasteiger charge is 2.23. The summed E-state index contributed by atoms with van der Waals surface area (Å²) in [5.41, 5.74) is 0. The summed E-state index contributed by atoms with van der Waals surface area (Å²) in [6.45, 7) is -1.15. The quantitative estimate of drug-likeness (QED) is 0.434. The zero-order valence-electron chi connectivity index (χ0n) is 6.23. The van der Waals surface area contributed by atoms with Gasteiger partial charge in [0.05, 0.1) is 13.2 Å². The monoisotopic (exact) mass is 164 g/mol. The van der Waals surface area contributed by atoms with Gasteiger partial charge >= 0.3 is 0 Å². The number of ketones is 1. The summed E-state index contributed by atoms with van der Waals surface area (Å²) in [6, 6.07) is 0. The molecule has 2 atom stereocenters. The van der Waals surface area contributed by atoms with Crippen LogP contribution in [0.25, 0.3) is 0 Å². The minimum absolute atomic E-state index is 0.494. The minimum atomic E-state index is -1.47. The maximum Gasteiger partial charge on any atom is 0.194 e. The van der Waals surface area contributed by atoms with Crippen molar-refractivity contribution in [1.82, 2.24) is 0 Å². The molecule has 5 nitrogen and oxygen atoms in total. The number of Topliss-reactive ketones (excluding diaryl/α,β-unsaturated/α-hetero) is 1. The minimum Gasteiger partial charge on any atom is -0.393 e. The Bertz CT molecular complexity index is 120. The number of rotatable bonds is 5. The molecule has 5 heteroatoms. The van der Waals surface area contributed by atoms with E-state index in [1.807, 2.05) is 0 Å². The van der Waals surface area contributed by atoms with Gasteiger partial charge in [-0.15, -0.1) is 0 Å². The number of carbonyl (C=O) groups excluding carboxylic acids is 1. The molecule has 0 radical (unpaired) electrons. The van der Waals surface area contributed by atoms with Crippen LogP contribution >= 0.6 is 0 Å². The lowest BCUT2D eigenvalue weighted by atomic mass is 10.1. The second-order valence-electron chi connectivity index (χ2n) is 2.01. The zero-order valence-corrected chi connectivity index (χ0v) is 6.23. The van der Waals surface area contributed by atoms with Crippen molar-refractivity contribution in [2.45, 2.75) is 12.2 Å². The standard InChI is InChI=1S/C6H12O5/c1-11-5(3-8)6(10)4(9)2-7/h4-5,7-9H,2-3H2,1H3/t4-,5+/m0/s1. The summed E-state index contributed by atoms with van der Waals surface area (Å²) in [5.74, 6) is -0.711. The first kappa shape index (κ1) is 10.5. The van der Waals surface area contributed by atoms with Gasteiger partial charge in [0, 0.05) is 7.11 Å². The third-order valence-electron chi connectivity index (χ3n) is 1.27. The number of ether oxygens (including phenoxy) is 1. The Hall–Kier alpha value is -0.490. The molecule has 0 aliphatic carbocycles. The first-order valence-electron chi connectivity index (χ1n) is 3.13. The Labute approximate surface area is 64.2 Å². The maximum absolute atomic E-state index is 10.8. The number of aliphatic hydroxyl groups is 3. The lowest BCUT2D eigenvalue weighted by Gasteiger charge is -2.13. The van der Waals surface area contributed by atoms with Gasteiger partial charge in [0.2, 0.25) is 0 Å². The molecule has 0 saturated carbocycles. The van der Waals surface area contributed by atoms with Crippen LogP contribution in [0.3, 0.4) is 0 Å². The van der Waals surface area contributed by atoms with Gasteiger partial charge < -0.3 is 20.1 Å². The Kier molecular flexibility index (Phi) is 4.97. The molecule has 0 unspecified atom stereocenters. The van der Waals surface area contributed by atoms with Gasteiger partial charge in [-0.2, -0.15) is 0 Å². The molecule has 0 amide bonds. The molecule has 0 fully saturated rings. The summed E-state index contributed by atoms with van der Waals surface area (Å²) in [6.07, 6.45) is -2.51. The largest absolute Gasteiger partial charge is 0.393 e. The van der Waals surface area contributed by atoms with Gasteiger partial charge in [-0.1, -0.05) is 0 Å². The fourth-order valence-corrected chi connectivity index (χ4v) is 0.585. The average Bonchev–Trinajstić information content (AvgIpc) is 2.05. The van der Waals surface area contributed by atoms with E-state index in [0.717, 1.165) is 0 Å². The van der Waals surface area contributed by atoms with E-state index in [9.17, 15) is 4.79 Å². The second-order valence-corrected chi connectivity index (χ2v) is 2.01. The Morgan fingerprint density at radius 3 is 2.27 bits per heavy atom. The van der Waals surface area contributed by atoms with Crippen LogP contribution in [-0.2, 0) is 9.53 Å². The molecule has 0 saturated heterocycles. The highest BCUT2D eigenvalue weighted by atomic mass is 16.5. The zero-order chi connectivity index (χ0) is 8.85. The van der Waals surface area contributed by atoms with E-state index in [1.165, 1.54) is 7.11 Å². The van der Waals surface area contributed by atoms with Gasteiger partial charge in [-0.25, -0.2) is 0 Å². The van der Waals surface area contributed by atoms with Crippen LogP contribution in [0.15, 0.2) is 0 Å². The molecular formula is C6H12O5. The van der Waals surface area contributed by atoms with Crippen LogP contribution < -0.4 is 0 Å². The van der Waals surface area contributed by atoms with E-state index in [1.54, 1.807) is 0 Å². The second kappa shape index (κ2) is 5.20. The first-order valence-corrected chi connectivity index (χ1v) is 3.13. The van der Waals surface area contributed by atoms with Crippen molar-refractivity contribution in [3.8, 4) is 0 Å². The van der Waals surface area contributed by atoms with Crippen molar-refractivity contribution < 1.29 is 24.9 Å². The summed E-state index contributed by atoms with van der Waals surface area (Å²) in [5, 5.41) is 25.6. The van der Waals surface area contributed by atoms with Gasteiger partial charge in [-0.05, 0) is 0 Å². The van der Waals surface area contributed by atoms with Crippen LogP contribution in [0.2, 0.25) is 0 Å². The van der Waals surface area contributed by atoms with E-state index < -0.39 is 31.2 Å². The molecule has 3 N–H and O–H groups in total. The highest BCUT2D eigenvalue weighted by Crippen LogP contribution is 1.95. The van der Waals surface area contributed by atoms with Crippen LogP contribution in [-0.4, -0.2) is 53.6 Å². The third kappa shape index (κ3) is 2.94. The molecule has 0 aromatic rings. The molecule has 66 valence electrons. The van der Waals surface area contributed by atoms with Gasteiger partial charge in [-0.3, -0.25) is 4.79 Å². The molecule has 0 aliphatic heterocycles. The Morgan fingerprint density at radius 1 is 1.45 bits per heavy atom. The summed E-state index contributed by atoms with van der Waals surface area (Å²) < 4.78 is 4.51. The molecule has 0 spiro atoms. The van der Waals surface area contributed by atoms with E-state index in [2.05, 4.69) is 4.74 Å². The predicted molar refractivity (Wildman–Crippen MR) is 36.0 cm³/mol. The molecular weight excluding hydrogens is 152 g/mol. The molecule has 0 aromatic carbocycles. The number of hydrogen-bond donors (Lipinski definition) is 3. The predicted octanol–water partition coefficient (Wildman–Crippen LogP) is -2.08. The number of methoxy groups -OCH3 is 1. The topological polar surface area (TPSA) is 87.0 Å². The normalized spacial score (nSPS) is 16.0. The van der Waals surface area contributed by atoms with Crippen molar-refractivity contribution in [3.63, 3.8) is 0 Å². The van der Waals surface area contributed by atoms with E-state index in [4.69, 9.17) is 15.3 Å². The van der Waals surface area contributed by atoms with Crippen LogP contribution in [0.4, 0.5) is 0 Å².